The molecule has 1 fully saturated rings. The molecule has 1 aliphatic rings. The van der Waals surface area contributed by atoms with Crippen molar-refractivity contribution in [2.75, 3.05) is 19.6 Å². The van der Waals surface area contributed by atoms with E-state index < -0.39 is 0 Å². The molecule has 5 nitrogen and oxygen atoms in total. The number of carbonyl (C=O) groups excluding carboxylic acids is 1. The van der Waals surface area contributed by atoms with E-state index in [1.165, 1.54) is 0 Å². The number of guanidine groups is 1. The molecular formula is C10H20N4O. The molecule has 0 aliphatic carbocycles. The maximum atomic E-state index is 11.6. The summed E-state index contributed by atoms with van der Waals surface area (Å²) in [6.07, 6.45) is 2.56. The molecule has 0 spiro atoms. The third-order valence-corrected chi connectivity index (χ3v) is 2.63. The fourth-order valence-electron chi connectivity index (χ4n) is 1.81. The Kier molecular flexibility index (Phi) is 4.39. The van der Waals surface area contributed by atoms with Crippen molar-refractivity contribution in [1.82, 2.24) is 4.90 Å². The zero-order valence-electron chi connectivity index (χ0n) is 9.28. The first-order chi connectivity index (χ1) is 7.13. The Balaban J connectivity index is 2.32. The summed E-state index contributed by atoms with van der Waals surface area (Å²) in [6.45, 7) is 4.31. The van der Waals surface area contributed by atoms with Gasteiger partial charge in [0.15, 0.2) is 5.96 Å². The molecule has 86 valence electrons. The Hall–Kier alpha value is -1.26. The Bertz CT molecular complexity index is 248. The Morgan fingerprint density at radius 2 is 2.27 bits per heavy atom. The van der Waals surface area contributed by atoms with Crippen LogP contribution in [0, 0.1) is 5.92 Å². The van der Waals surface area contributed by atoms with Gasteiger partial charge in [0.1, 0.15) is 0 Å². The van der Waals surface area contributed by atoms with E-state index in [2.05, 4.69) is 4.99 Å². The Labute approximate surface area is 90.5 Å². The third kappa shape index (κ3) is 3.77. The second kappa shape index (κ2) is 5.58. The van der Waals surface area contributed by atoms with Gasteiger partial charge in [0.25, 0.3) is 0 Å². The van der Waals surface area contributed by atoms with E-state index in [0.717, 1.165) is 25.9 Å². The highest BCUT2D eigenvalue weighted by molar-refractivity contribution is 5.76. The summed E-state index contributed by atoms with van der Waals surface area (Å²) in [6, 6.07) is 0. The fourth-order valence-corrected chi connectivity index (χ4v) is 1.81. The molecule has 1 atom stereocenters. The van der Waals surface area contributed by atoms with Crippen LogP contribution < -0.4 is 11.5 Å². The van der Waals surface area contributed by atoms with Gasteiger partial charge < -0.3 is 16.4 Å². The number of likely N-dealkylation sites (tertiary alicyclic amines) is 1. The third-order valence-electron chi connectivity index (χ3n) is 2.63. The molecule has 0 aromatic carbocycles. The smallest absolute Gasteiger partial charge is 0.222 e. The number of nitrogens with two attached hydrogens (primary N) is 2. The molecule has 0 aromatic heterocycles. The zero-order chi connectivity index (χ0) is 11.3. The van der Waals surface area contributed by atoms with Crippen LogP contribution in [-0.2, 0) is 4.79 Å². The van der Waals surface area contributed by atoms with E-state index in [1.807, 2.05) is 11.8 Å². The maximum Gasteiger partial charge on any atom is 0.222 e. The van der Waals surface area contributed by atoms with Crippen molar-refractivity contribution in [3.8, 4) is 0 Å². The van der Waals surface area contributed by atoms with Gasteiger partial charge in [0.2, 0.25) is 5.91 Å². The number of carbonyl (C=O) groups is 1. The topological polar surface area (TPSA) is 84.7 Å². The van der Waals surface area contributed by atoms with Gasteiger partial charge in [-0.3, -0.25) is 9.79 Å². The van der Waals surface area contributed by atoms with E-state index >= 15 is 0 Å². The van der Waals surface area contributed by atoms with Crippen LogP contribution in [0.5, 0.6) is 0 Å². The molecule has 1 heterocycles. The number of hydrogen-bond acceptors (Lipinski definition) is 2. The predicted octanol–water partition coefficient (Wildman–Crippen LogP) is -0.0916. The van der Waals surface area contributed by atoms with E-state index in [4.69, 9.17) is 11.5 Å². The molecule has 1 amide bonds. The van der Waals surface area contributed by atoms with Gasteiger partial charge in [-0.25, -0.2) is 0 Å². The van der Waals surface area contributed by atoms with Crippen molar-refractivity contribution in [3.05, 3.63) is 0 Å². The molecule has 15 heavy (non-hydrogen) atoms. The van der Waals surface area contributed by atoms with Crippen LogP contribution in [0.3, 0.4) is 0 Å². The van der Waals surface area contributed by atoms with Gasteiger partial charge in [0, 0.05) is 26.1 Å². The quantitative estimate of drug-likeness (QED) is 0.504. The van der Waals surface area contributed by atoms with Crippen molar-refractivity contribution < 1.29 is 4.79 Å². The zero-order valence-corrected chi connectivity index (χ0v) is 9.28. The molecule has 4 N–H and O–H groups in total. The average molecular weight is 212 g/mol. The molecule has 1 saturated heterocycles. The van der Waals surface area contributed by atoms with E-state index in [0.29, 0.717) is 18.9 Å². The van der Waals surface area contributed by atoms with Crippen LogP contribution in [0.25, 0.3) is 0 Å². The van der Waals surface area contributed by atoms with Crippen LogP contribution in [0.1, 0.15) is 26.2 Å². The fraction of sp³-hybridized carbons (Fsp3) is 0.800. The summed E-state index contributed by atoms with van der Waals surface area (Å²) in [5, 5.41) is 0. The van der Waals surface area contributed by atoms with Gasteiger partial charge >= 0.3 is 0 Å². The lowest BCUT2D eigenvalue weighted by Crippen LogP contribution is -2.29. The molecule has 0 bridgehead atoms. The van der Waals surface area contributed by atoms with Crippen LogP contribution in [0.4, 0.5) is 0 Å². The lowest BCUT2D eigenvalue weighted by Gasteiger charge is -2.15. The summed E-state index contributed by atoms with van der Waals surface area (Å²) in [4.78, 5) is 17.5. The summed E-state index contributed by atoms with van der Waals surface area (Å²) in [5.41, 5.74) is 10.5. The largest absolute Gasteiger partial charge is 0.370 e. The standard InChI is InChI=1S/C10H20N4O/c1-2-3-9(15)14-5-4-8(7-14)6-13-10(11)12/h8H,2-7H2,1H3,(H4,11,12,13). The highest BCUT2D eigenvalue weighted by atomic mass is 16.2. The molecular weight excluding hydrogens is 192 g/mol. The number of nitrogens with zero attached hydrogens (tertiary/aromatic N) is 2. The number of hydrogen-bond donors (Lipinski definition) is 2. The minimum absolute atomic E-state index is 0.133. The van der Waals surface area contributed by atoms with E-state index in [9.17, 15) is 4.79 Å². The van der Waals surface area contributed by atoms with Crippen LogP contribution >= 0.6 is 0 Å². The van der Waals surface area contributed by atoms with Gasteiger partial charge in [-0.05, 0) is 18.8 Å². The normalized spacial score (nSPS) is 20.3. The van der Waals surface area contributed by atoms with Gasteiger partial charge in [-0.15, -0.1) is 0 Å². The minimum Gasteiger partial charge on any atom is -0.370 e. The van der Waals surface area contributed by atoms with Crippen LogP contribution in [-0.4, -0.2) is 36.4 Å². The summed E-state index contributed by atoms with van der Waals surface area (Å²) in [7, 11) is 0. The van der Waals surface area contributed by atoms with Crippen LogP contribution in [0.2, 0.25) is 0 Å². The molecule has 0 saturated carbocycles. The SMILES string of the molecule is CCCC(=O)N1CCC(CN=C(N)N)C1. The Morgan fingerprint density at radius 1 is 1.53 bits per heavy atom. The summed E-state index contributed by atoms with van der Waals surface area (Å²) < 4.78 is 0. The van der Waals surface area contributed by atoms with Crippen molar-refractivity contribution in [3.63, 3.8) is 0 Å². The second-order valence-corrected chi connectivity index (χ2v) is 4.01. The van der Waals surface area contributed by atoms with Crippen molar-refractivity contribution >= 4 is 11.9 Å². The molecule has 5 heteroatoms. The van der Waals surface area contributed by atoms with Gasteiger partial charge in [0.05, 0.1) is 0 Å². The Morgan fingerprint density at radius 3 is 2.87 bits per heavy atom. The second-order valence-electron chi connectivity index (χ2n) is 4.01. The monoisotopic (exact) mass is 212 g/mol. The van der Waals surface area contributed by atoms with Crippen molar-refractivity contribution in [2.24, 2.45) is 22.4 Å². The highest BCUT2D eigenvalue weighted by Crippen LogP contribution is 2.17. The maximum absolute atomic E-state index is 11.6. The van der Waals surface area contributed by atoms with E-state index in [-0.39, 0.29) is 11.9 Å². The number of rotatable bonds is 4. The first-order valence-electron chi connectivity index (χ1n) is 5.46. The first-order valence-corrected chi connectivity index (χ1v) is 5.46. The molecule has 0 aromatic rings. The molecule has 1 aliphatic heterocycles. The van der Waals surface area contributed by atoms with Gasteiger partial charge in [-0.2, -0.15) is 0 Å². The highest BCUT2D eigenvalue weighted by Gasteiger charge is 2.25. The van der Waals surface area contributed by atoms with Crippen molar-refractivity contribution in [1.29, 1.82) is 0 Å². The van der Waals surface area contributed by atoms with Gasteiger partial charge in [-0.1, -0.05) is 6.92 Å². The molecule has 0 radical (unpaired) electrons. The summed E-state index contributed by atoms with van der Waals surface area (Å²) >= 11 is 0. The molecule has 1 unspecified atom stereocenters. The van der Waals surface area contributed by atoms with E-state index in [1.54, 1.807) is 0 Å². The first kappa shape index (κ1) is 11.8. The molecule has 1 rings (SSSR count). The number of amides is 1. The van der Waals surface area contributed by atoms with Crippen LogP contribution in [0.15, 0.2) is 4.99 Å². The van der Waals surface area contributed by atoms with Crippen molar-refractivity contribution in [2.45, 2.75) is 26.2 Å². The summed E-state index contributed by atoms with van der Waals surface area (Å²) in [5.74, 6) is 0.811. The average Bonchev–Trinajstić information content (AvgIpc) is 2.63. The number of aliphatic imine (C=N–C) groups is 1. The minimum atomic E-state index is 0.133. The lowest BCUT2D eigenvalue weighted by atomic mass is 10.1. The predicted molar refractivity (Wildman–Crippen MR) is 60.3 cm³/mol. The lowest BCUT2D eigenvalue weighted by molar-refractivity contribution is -0.130.